The maximum Gasteiger partial charge on any atom is 0.410 e. The van der Waals surface area contributed by atoms with Gasteiger partial charge in [-0.05, 0) is 63.6 Å². The Bertz CT molecular complexity index is 649. The Morgan fingerprint density at radius 2 is 1.93 bits per heavy atom. The van der Waals surface area contributed by atoms with Crippen molar-refractivity contribution in [2.24, 2.45) is 5.92 Å². The van der Waals surface area contributed by atoms with Crippen LogP contribution in [0.1, 0.15) is 45.6 Å². The molecule has 1 fully saturated rings. The SMILES string of the molecule is CN(CCC1CCN(C(=O)Cc2cccc(Cl)c2)CC1)C(=O)OC(C)(C)C. The van der Waals surface area contributed by atoms with Crippen LogP contribution in [0.3, 0.4) is 0 Å². The van der Waals surface area contributed by atoms with Gasteiger partial charge in [-0.2, -0.15) is 0 Å². The lowest BCUT2D eigenvalue weighted by atomic mass is 9.93. The minimum absolute atomic E-state index is 0.154. The number of amides is 2. The van der Waals surface area contributed by atoms with E-state index in [0.717, 1.165) is 37.9 Å². The molecule has 1 aromatic rings. The van der Waals surface area contributed by atoms with E-state index < -0.39 is 5.60 Å². The molecule has 0 bridgehead atoms. The van der Waals surface area contributed by atoms with Crippen molar-refractivity contribution >= 4 is 23.6 Å². The molecule has 27 heavy (non-hydrogen) atoms. The second-order valence-electron chi connectivity index (χ2n) is 8.32. The molecular formula is C21H31ClN2O3. The van der Waals surface area contributed by atoms with Crippen LogP contribution < -0.4 is 0 Å². The molecule has 0 radical (unpaired) electrons. The number of hydrogen-bond acceptors (Lipinski definition) is 3. The minimum atomic E-state index is -0.472. The molecule has 2 amide bonds. The number of ether oxygens (including phenoxy) is 1. The van der Waals surface area contributed by atoms with Crippen LogP contribution in [0.5, 0.6) is 0 Å². The van der Waals surface area contributed by atoms with Crippen molar-refractivity contribution in [2.75, 3.05) is 26.7 Å². The average Bonchev–Trinajstić information content (AvgIpc) is 2.58. The highest BCUT2D eigenvalue weighted by molar-refractivity contribution is 6.30. The van der Waals surface area contributed by atoms with Crippen LogP contribution in [0.25, 0.3) is 0 Å². The second-order valence-corrected chi connectivity index (χ2v) is 8.76. The minimum Gasteiger partial charge on any atom is -0.444 e. The molecule has 1 aliphatic heterocycles. The van der Waals surface area contributed by atoms with Gasteiger partial charge < -0.3 is 14.5 Å². The molecule has 1 saturated heterocycles. The quantitative estimate of drug-likeness (QED) is 0.744. The predicted octanol–water partition coefficient (Wildman–Crippen LogP) is 4.38. The van der Waals surface area contributed by atoms with E-state index in [9.17, 15) is 9.59 Å². The maximum atomic E-state index is 12.5. The van der Waals surface area contributed by atoms with Gasteiger partial charge in [0.05, 0.1) is 6.42 Å². The summed E-state index contributed by atoms with van der Waals surface area (Å²) in [5.74, 6) is 0.687. The molecule has 6 heteroatoms. The van der Waals surface area contributed by atoms with Gasteiger partial charge in [-0.3, -0.25) is 4.79 Å². The van der Waals surface area contributed by atoms with Gasteiger partial charge in [0, 0.05) is 31.7 Å². The van der Waals surface area contributed by atoms with Gasteiger partial charge >= 0.3 is 6.09 Å². The Morgan fingerprint density at radius 1 is 1.26 bits per heavy atom. The lowest BCUT2D eigenvalue weighted by Gasteiger charge is -2.33. The van der Waals surface area contributed by atoms with Crippen LogP contribution in [0.4, 0.5) is 4.79 Å². The van der Waals surface area contributed by atoms with Gasteiger partial charge in [-0.1, -0.05) is 23.7 Å². The number of halogens is 1. The Labute approximate surface area is 167 Å². The number of nitrogens with zero attached hydrogens (tertiary/aromatic N) is 2. The molecular weight excluding hydrogens is 364 g/mol. The summed E-state index contributed by atoms with van der Waals surface area (Å²) < 4.78 is 5.38. The van der Waals surface area contributed by atoms with Crippen LogP contribution in [-0.4, -0.2) is 54.1 Å². The molecule has 0 N–H and O–H groups in total. The molecule has 1 aromatic carbocycles. The third-order valence-electron chi connectivity index (χ3n) is 4.79. The summed E-state index contributed by atoms with van der Waals surface area (Å²) in [5, 5.41) is 0.660. The van der Waals surface area contributed by atoms with Crippen molar-refractivity contribution in [3.63, 3.8) is 0 Å². The fourth-order valence-corrected chi connectivity index (χ4v) is 3.42. The van der Waals surface area contributed by atoms with E-state index >= 15 is 0 Å². The second kappa shape index (κ2) is 9.45. The number of piperidine rings is 1. The predicted molar refractivity (Wildman–Crippen MR) is 108 cm³/mol. The topological polar surface area (TPSA) is 49.9 Å². The van der Waals surface area contributed by atoms with Gasteiger partial charge in [0.15, 0.2) is 0 Å². The van der Waals surface area contributed by atoms with E-state index in [0.29, 0.717) is 23.9 Å². The summed E-state index contributed by atoms with van der Waals surface area (Å²) in [6, 6.07) is 7.47. The van der Waals surface area contributed by atoms with E-state index in [4.69, 9.17) is 16.3 Å². The van der Waals surface area contributed by atoms with Gasteiger partial charge in [-0.15, -0.1) is 0 Å². The number of rotatable bonds is 5. The van der Waals surface area contributed by atoms with Crippen LogP contribution in [0.15, 0.2) is 24.3 Å². The number of carbonyl (C=O) groups is 2. The first-order chi connectivity index (χ1) is 12.6. The summed E-state index contributed by atoms with van der Waals surface area (Å²) in [4.78, 5) is 28.1. The molecule has 0 spiro atoms. The standard InChI is InChI=1S/C21H31ClN2O3/c1-21(2,3)27-20(26)23(4)11-8-16-9-12-24(13-10-16)19(25)15-17-6-5-7-18(22)14-17/h5-7,14,16H,8-13,15H2,1-4H3. The van der Waals surface area contributed by atoms with Crippen LogP contribution in [0, 0.1) is 5.92 Å². The molecule has 0 aliphatic carbocycles. The van der Waals surface area contributed by atoms with Gasteiger partial charge in [-0.25, -0.2) is 4.79 Å². The van der Waals surface area contributed by atoms with Crippen molar-refractivity contribution in [3.8, 4) is 0 Å². The number of likely N-dealkylation sites (tertiary alicyclic amines) is 1. The molecule has 2 rings (SSSR count). The molecule has 5 nitrogen and oxygen atoms in total. The normalized spacial score (nSPS) is 15.5. The zero-order valence-electron chi connectivity index (χ0n) is 16.8. The van der Waals surface area contributed by atoms with Crippen LogP contribution in [-0.2, 0) is 16.0 Å². The highest BCUT2D eigenvalue weighted by Crippen LogP contribution is 2.22. The Morgan fingerprint density at radius 3 is 2.52 bits per heavy atom. The molecule has 0 aromatic heterocycles. The molecule has 1 aliphatic rings. The van der Waals surface area contributed by atoms with E-state index in [-0.39, 0.29) is 12.0 Å². The highest BCUT2D eigenvalue weighted by atomic mass is 35.5. The zero-order chi connectivity index (χ0) is 20.0. The molecule has 150 valence electrons. The van der Waals surface area contributed by atoms with Crippen molar-refractivity contribution in [1.82, 2.24) is 9.80 Å². The van der Waals surface area contributed by atoms with Gasteiger partial charge in [0.1, 0.15) is 5.60 Å². The number of benzene rings is 1. The first kappa shape index (κ1) is 21.5. The first-order valence-corrected chi connectivity index (χ1v) is 9.98. The van der Waals surface area contributed by atoms with E-state index in [1.54, 1.807) is 11.9 Å². The van der Waals surface area contributed by atoms with Crippen molar-refractivity contribution in [1.29, 1.82) is 0 Å². The largest absolute Gasteiger partial charge is 0.444 e. The third-order valence-corrected chi connectivity index (χ3v) is 5.02. The fraction of sp³-hybridized carbons (Fsp3) is 0.619. The van der Waals surface area contributed by atoms with Crippen molar-refractivity contribution in [2.45, 2.75) is 52.1 Å². The number of hydrogen-bond donors (Lipinski definition) is 0. The molecule has 0 saturated carbocycles. The summed E-state index contributed by atoms with van der Waals surface area (Å²) in [6.07, 6.45) is 3.00. The summed E-state index contributed by atoms with van der Waals surface area (Å²) in [6.45, 7) is 7.84. The molecule has 0 unspecified atom stereocenters. The summed E-state index contributed by atoms with van der Waals surface area (Å²) >= 11 is 5.99. The Balaban J connectivity index is 1.72. The lowest BCUT2D eigenvalue weighted by Crippen LogP contribution is -2.40. The van der Waals surface area contributed by atoms with Crippen molar-refractivity contribution in [3.05, 3.63) is 34.9 Å². The Kier molecular flexibility index (Phi) is 7.54. The first-order valence-electron chi connectivity index (χ1n) is 9.60. The van der Waals surface area contributed by atoms with E-state index in [1.807, 2.05) is 49.9 Å². The van der Waals surface area contributed by atoms with Crippen molar-refractivity contribution < 1.29 is 14.3 Å². The lowest BCUT2D eigenvalue weighted by molar-refractivity contribution is -0.131. The smallest absolute Gasteiger partial charge is 0.410 e. The summed E-state index contributed by atoms with van der Waals surface area (Å²) in [7, 11) is 1.78. The van der Waals surface area contributed by atoms with E-state index in [2.05, 4.69) is 0 Å². The molecule has 0 atom stereocenters. The van der Waals surface area contributed by atoms with Crippen LogP contribution >= 0.6 is 11.6 Å². The Hall–Kier alpha value is -1.75. The monoisotopic (exact) mass is 394 g/mol. The number of carbonyl (C=O) groups excluding carboxylic acids is 2. The fourth-order valence-electron chi connectivity index (χ4n) is 3.21. The summed E-state index contributed by atoms with van der Waals surface area (Å²) in [5.41, 5.74) is 0.480. The third kappa shape index (κ3) is 7.41. The van der Waals surface area contributed by atoms with Gasteiger partial charge in [0.25, 0.3) is 0 Å². The average molecular weight is 395 g/mol. The maximum absolute atomic E-state index is 12.5. The molecule has 1 heterocycles. The zero-order valence-corrected chi connectivity index (χ0v) is 17.6. The van der Waals surface area contributed by atoms with Gasteiger partial charge in [0.2, 0.25) is 5.91 Å². The van der Waals surface area contributed by atoms with E-state index in [1.165, 1.54) is 0 Å². The van der Waals surface area contributed by atoms with Crippen LogP contribution in [0.2, 0.25) is 5.02 Å². The highest BCUT2D eigenvalue weighted by Gasteiger charge is 2.24.